The van der Waals surface area contributed by atoms with Gasteiger partial charge in [0.05, 0.1) is 16.7 Å². The first-order valence-corrected chi connectivity index (χ1v) is 11.7. The number of ketones is 1. The number of methoxy groups -OCH3 is 1. The molecular formula is C22H23O11P. The Labute approximate surface area is 195 Å². The summed E-state index contributed by atoms with van der Waals surface area (Å²) in [6.07, 6.45) is 0. The minimum Gasteiger partial charge on any atom is -0.435 e. The van der Waals surface area contributed by atoms with Gasteiger partial charge >= 0.3 is 25.5 Å². The summed E-state index contributed by atoms with van der Waals surface area (Å²) in [6, 6.07) is 11.2. The molecular weight excluding hydrogens is 471 g/mol. The molecule has 0 saturated carbocycles. The SMILES string of the molecule is COCOC(=O)c1ccc(C(=O)OCOP(C)(=O)OCOC(=O)c2ccc(C(C)=O)cc2)cc1. The van der Waals surface area contributed by atoms with Crippen molar-refractivity contribution in [1.29, 1.82) is 0 Å². The molecule has 0 fully saturated rings. The van der Waals surface area contributed by atoms with E-state index in [1.165, 1.54) is 62.6 Å². The third-order valence-corrected chi connectivity index (χ3v) is 5.29. The predicted molar refractivity (Wildman–Crippen MR) is 116 cm³/mol. The van der Waals surface area contributed by atoms with Gasteiger partial charge in [-0.15, -0.1) is 0 Å². The number of hydrogen-bond acceptors (Lipinski definition) is 11. The second-order valence-electron chi connectivity index (χ2n) is 6.68. The van der Waals surface area contributed by atoms with Gasteiger partial charge in [-0.3, -0.25) is 18.4 Å². The van der Waals surface area contributed by atoms with Crippen LogP contribution in [0.5, 0.6) is 0 Å². The van der Waals surface area contributed by atoms with Crippen LogP contribution in [0.15, 0.2) is 48.5 Å². The van der Waals surface area contributed by atoms with Gasteiger partial charge < -0.3 is 18.9 Å². The van der Waals surface area contributed by atoms with Gasteiger partial charge in [-0.1, -0.05) is 12.1 Å². The maximum Gasteiger partial charge on any atom is 0.340 e. The van der Waals surface area contributed by atoms with Crippen molar-refractivity contribution in [2.24, 2.45) is 0 Å². The number of hydrogen-bond donors (Lipinski definition) is 0. The molecule has 1 atom stereocenters. The predicted octanol–water partition coefficient (Wildman–Crippen LogP) is 3.43. The minimum absolute atomic E-state index is 0.114. The lowest BCUT2D eigenvalue weighted by Gasteiger charge is -2.14. The van der Waals surface area contributed by atoms with Crippen LogP contribution in [0, 0.1) is 0 Å². The summed E-state index contributed by atoms with van der Waals surface area (Å²) in [6.45, 7) is 0.944. The molecule has 2 aromatic rings. The Morgan fingerprint density at radius 3 is 1.29 bits per heavy atom. The van der Waals surface area contributed by atoms with Gasteiger partial charge in [0.25, 0.3) is 0 Å². The highest BCUT2D eigenvalue weighted by Crippen LogP contribution is 2.43. The van der Waals surface area contributed by atoms with Crippen LogP contribution >= 0.6 is 7.60 Å². The van der Waals surface area contributed by atoms with E-state index in [0.717, 1.165) is 6.66 Å². The molecule has 11 nitrogen and oxygen atoms in total. The summed E-state index contributed by atoms with van der Waals surface area (Å²) >= 11 is 0. The Kier molecular flexibility index (Phi) is 10.1. The van der Waals surface area contributed by atoms with Crippen molar-refractivity contribution in [3.63, 3.8) is 0 Å². The molecule has 0 amide bonds. The maximum atomic E-state index is 12.2. The largest absolute Gasteiger partial charge is 0.435 e. The Bertz CT molecular complexity index is 1060. The van der Waals surface area contributed by atoms with Gasteiger partial charge in [0, 0.05) is 19.3 Å². The van der Waals surface area contributed by atoms with Crippen molar-refractivity contribution in [3.8, 4) is 0 Å². The zero-order chi connectivity index (χ0) is 25.1. The molecule has 0 bridgehead atoms. The first-order valence-electron chi connectivity index (χ1n) is 9.71. The van der Waals surface area contributed by atoms with Crippen molar-refractivity contribution >= 4 is 31.3 Å². The summed E-state index contributed by atoms with van der Waals surface area (Å²) in [4.78, 5) is 47.0. The van der Waals surface area contributed by atoms with Crippen LogP contribution in [0.2, 0.25) is 0 Å². The lowest BCUT2D eigenvalue weighted by Crippen LogP contribution is -2.11. The number of Topliss-reactive ketones (excluding diaryl/α,β-unsaturated/α-hetero) is 1. The average Bonchev–Trinajstić information content (AvgIpc) is 2.82. The zero-order valence-corrected chi connectivity index (χ0v) is 19.6. The average molecular weight is 494 g/mol. The zero-order valence-electron chi connectivity index (χ0n) is 18.7. The molecule has 12 heteroatoms. The molecule has 2 aromatic carbocycles. The second-order valence-corrected chi connectivity index (χ2v) is 8.74. The van der Waals surface area contributed by atoms with Crippen LogP contribution < -0.4 is 0 Å². The highest BCUT2D eigenvalue weighted by Gasteiger charge is 2.20. The molecule has 0 N–H and O–H groups in total. The number of benzene rings is 2. The lowest BCUT2D eigenvalue weighted by molar-refractivity contribution is -0.0129. The summed E-state index contributed by atoms with van der Waals surface area (Å²) in [7, 11) is -2.34. The van der Waals surface area contributed by atoms with Gasteiger partial charge in [0.2, 0.25) is 13.6 Å². The number of rotatable bonds is 12. The van der Waals surface area contributed by atoms with Crippen LogP contribution in [-0.4, -0.2) is 57.8 Å². The number of esters is 3. The van der Waals surface area contributed by atoms with E-state index in [4.69, 9.17) is 23.3 Å². The number of carbonyl (C=O) groups is 4. The van der Waals surface area contributed by atoms with E-state index < -0.39 is 39.1 Å². The van der Waals surface area contributed by atoms with Gasteiger partial charge in [-0.05, 0) is 43.3 Å². The molecule has 0 aliphatic carbocycles. The third-order valence-electron chi connectivity index (χ3n) is 4.15. The summed E-state index contributed by atoms with van der Waals surface area (Å²) < 4.78 is 41.3. The van der Waals surface area contributed by atoms with E-state index in [1.54, 1.807) is 0 Å². The summed E-state index contributed by atoms with van der Waals surface area (Å²) in [5, 5.41) is 0. The van der Waals surface area contributed by atoms with E-state index in [-0.39, 0.29) is 29.3 Å². The summed E-state index contributed by atoms with van der Waals surface area (Å²) in [5.74, 6) is -2.32. The molecule has 0 spiro atoms. The highest BCUT2D eigenvalue weighted by atomic mass is 31.2. The highest BCUT2D eigenvalue weighted by molar-refractivity contribution is 7.52. The van der Waals surface area contributed by atoms with E-state index in [9.17, 15) is 23.7 Å². The number of ether oxygens (including phenoxy) is 4. The van der Waals surface area contributed by atoms with Crippen LogP contribution in [0.1, 0.15) is 48.4 Å². The Morgan fingerprint density at radius 2 is 0.971 bits per heavy atom. The van der Waals surface area contributed by atoms with Crippen molar-refractivity contribution in [2.45, 2.75) is 6.92 Å². The standard InChI is InChI=1S/C22H23O11P/c1-15(23)16-4-6-17(7-5-16)21(25)30-13-32-34(3,27)33-14-31-22(26)19-10-8-18(9-11-19)20(24)29-12-28-2/h4-11H,12-14H2,1-3H3. The van der Waals surface area contributed by atoms with Gasteiger partial charge in [-0.2, -0.15) is 0 Å². The van der Waals surface area contributed by atoms with Crippen molar-refractivity contribution < 1.29 is 51.7 Å². The molecule has 0 heterocycles. The summed E-state index contributed by atoms with van der Waals surface area (Å²) in [5.41, 5.74) is 0.936. The van der Waals surface area contributed by atoms with Crippen LogP contribution in [0.25, 0.3) is 0 Å². The minimum atomic E-state index is -3.71. The molecule has 0 aliphatic rings. The lowest BCUT2D eigenvalue weighted by atomic mass is 10.1. The molecule has 34 heavy (non-hydrogen) atoms. The van der Waals surface area contributed by atoms with E-state index in [2.05, 4.69) is 4.74 Å². The van der Waals surface area contributed by atoms with E-state index in [1.807, 2.05) is 0 Å². The molecule has 0 aliphatic heterocycles. The van der Waals surface area contributed by atoms with Crippen molar-refractivity contribution in [1.82, 2.24) is 0 Å². The fraction of sp³-hybridized carbons (Fsp3) is 0.273. The van der Waals surface area contributed by atoms with E-state index in [0.29, 0.717) is 5.56 Å². The van der Waals surface area contributed by atoms with Gasteiger partial charge in [0.15, 0.2) is 12.6 Å². The smallest absolute Gasteiger partial charge is 0.340 e. The monoisotopic (exact) mass is 494 g/mol. The molecule has 0 aromatic heterocycles. The van der Waals surface area contributed by atoms with E-state index >= 15 is 0 Å². The molecule has 0 radical (unpaired) electrons. The maximum absolute atomic E-state index is 12.2. The topological polar surface area (TPSA) is 141 Å². The molecule has 182 valence electrons. The molecule has 1 unspecified atom stereocenters. The Hall–Kier alpha value is -3.37. The van der Waals surface area contributed by atoms with Crippen molar-refractivity contribution in [3.05, 3.63) is 70.8 Å². The molecule has 2 rings (SSSR count). The van der Waals surface area contributed by atoms with Crippen LogP contribution in [-0.2, 0) is 32.6 Å². The van der Waals surface area contributed by atoms with Crippen molar-refractivity contribution in [2.75, 3.05) is 34.2 Å². The quantitative estimate of drug-likeness (QED) is 0.141. The van der Waals surface area contributed by atoms with Crippen LogP contribution in [0.3, 0.4) is 0 Å². The Morgan fingerprint density at radius 1 is 0.647 bits per heavy atom. The van der Waals surface area contributed by atoms with Crippen LogP contribution in [0.4, 0.5) is 0 Å². The molecule has 0 saturated heterocycles. The van der Waals surface area contributed by atoms with Gasteiger partial charge in [-0.25, -0.2) is 14.4 Å². The second kappa shape index (κ2) is 12.8. The first-order chi connectivity index (χ1) is 16.1. The third kappa shape index (κ3) is 8.53. The van der Waals surface area contributed by atoms with Gasteiger partial charge in [0.1, 0.15) is 0 Å². The first kappa shape index (κ1) is 26.9. The number of carbonyl (C=O) groups excluding carboxylic acids is 4. The Balaban J connectivity index is 1.74. The fourth-order valence-electron chi connectivity index (χ4n) is 2.33. The fourth-order valence-corrected chi connectivity index (χ4v) is 2.90. The normalized spacial score (nSPS) is 12.3.